The zero-order valence-electron chi connectivity index (χ0n) is 12.5. The van der Waals surface area contributed by atoms with Crippen molar-refractivity contribution in [2.75, 3.05) is 45.4 Å². The smallest absolute Gasteiger partial charge is 0.358 e. The molecule has 7 nitrogen and oxygen atoms in total. The molecular weight excluding hydrogens is 272 g/mol. The van der Waals surface area contributed by atoms with Gasteiger partial charge < -0.3 is 19.7 Å². The Labute approximate surface area is 124 Å². The number of hydrogen-bond donors (Lipinski definition) is 1. The standard InChI is InChI=1S/C14H22N4O3/c1-20-9-8-18(10-11-4-3-7-15-11)13-6-5-12(16-17-13)14(19)21-2/h5-6,11,15H,3-4,7-10H2,1-2H3. The first kappa shape index (κ1) is 15.7. The van der Waals surface area contributed by atoms with E-state index in [2.05, 4.69) is 25.2 Å². The summed E-state index contributed by atoms with van der Waals surface area (Å²) in [7, 11) is 3.01. The van der Waals surface area contributed by atoms with E-state index in [1.807, 2.05) is 0 Å². The largest absolute Gasteiger partial charge is 0.464 e. The van der Waals surface area contributed by atoms with E-state index in [-0.39, 0.29) is 5.69 Å². The van der Waals surface area contributed by atoms with Crippen molar-refractivity contribution in [3.8, 4) is 0 Å². The molecule has 116 valence electrons. The van der Waals surface area contributed by atoms with Crippen molar-refractivity contribution in [1.82, 2.24) is 15.5 Å². The van der Waals surface area contributed by atoms with Crippen LogP contribution in [0, 0.1) is 0 Å². The molecule has 0 spiro atoms. The van der Waals surface area contributed by atoms with Gasteiger partial charge in [-0.05, 0) is 31.5 Å². The van der Waals surface area contributed by atoms with E-state index in [0.29, 0.717) is 12.6 Å². The van der Waals surface area contributed by atoms with Gasteiger partial charge in [-0.1, -0.05) is 0 Å². The van der Waals surface area contributed by atoms with Crippen LogP contribution in [0.1, 0.15) is 23.3 Å². The third-order valence-electron chi connectivity index (χ3n) is 3.54. The van der Waals surface area contributed by atoms with Crippen LogP contribution in [0.25, 0.3) is 0 Å². The summed E-state index contributed by atoms with van der Waals surface area (Å²) in [6, 6.07) is 3.89. The number of anilines is 1. The molecule has 0 bridgehead atoms. The van der Waals surface area contributed by atoms with Crippen LogP contribution in [0.15, 0.2) is 12.1 Å². The molecule has 0 aromatic carbocycles. The average molecular weight is 294 g/mol. The van der Waals surface area contributed by atoms with Crippen LogP contribution < -0.4 is 10.2 Å². The van der Waals surface area contributed by atoms with Crippen molar-refractivity contribution in [2.24, 2.45) is 0 Å². The lowest BCUT2D eigenvalue weighted by Crippen LogP contribution is -2.39. The summed E-state index contributed by atoms with van der Waals surface area (Å²) in [4.78, 5) is 13.5. The van der Waals surface area contributed by atoms with E-state index < -0.39 is 5.97 Å². The maximum atomic E-state index is 11.4. The molecule has 21 heavy (non-hydrogen) atoms. The molecule has 1 N–H and O–H groups in total. The van der Waals surface area contributed by atoms with Gasteiger partial charge in [0, 0.05) is 26.2 Å². The highest BCUT2D eigenvalue weighted by Crippen LogP contribution is 2.14. The predicted molar refractivity (Wildman–Crippen MR) is 78.5 cm³/mol. The van der Waals surface area contributed by atoms with Crippen molar-refractivity contribution in [2.45, 2.75) is 18.9 Å². The SMILES string of the molecule is COCCN(CC1CCCN1)c1ccc(C(=O)OC)nn1. The van der Waals surface area contributed by atoms with Crippen molar-refractivity contribution < 1.29 is 14.3 Å². The zero-order valence-corrected chi connectivity index (χ0v) is 12.5. The Morgan fingerprint density at radius 3 is 2.86 bits per heavy atom. The fourth-order valence-corrected chi connectivity index (χ4v) is 2.39. The number of carbonyl (C=O) groups excluding carboxylic acids is 1. The lowest BCUT2D eigenvalue weighted by molar-refractivity contribution is 0.0592. The first-order chi connectivity index (χ1) is 10.2. The number of ether oxygens (including phenoxy) is 2. The lowest BCUT2D eigenvalue weighted by Gasteiger charge is -2.26. The van der Waals surface area contributed by atoms with Crippen molar-refractivity contribution in [3.63, 3.8) is 0 Å². The molecule has 2 rings (SSSR count). The molecule has 2 heterocycles. The monoisotopic (exact) mass is 294 g/mol. The maximum Gasteiger partial charge on any atom is 0.358 e. The molecule has 1 fully saturated rings. The quantitative estimate of drug-likeness (QED) is 0.732. The number of nitrogens with zero attached hydrogens (tertiary/aromatic N) is 3. The van der Waals surface area contributed by atoms with Crippen molar-refractivity contribution in [1.29, 1.82) is 0 Å². The average Bonchev–Trinajstić information content (AvgIpc) is 3.04. The second-order valence-corrected chi connectivity index (χ2v) is 5.00. The van der Waals surface area contributed by atoms with Crippen LogP contribution in [0.2, 0.25) is 0 Å². The minimum atomic E-state index is -0.477. The molecule has 1 saturated heterocycles. The van der Waals surface area contributed by atoms with Gasteiger partial charge in [0.05, 0.1) is 13.7 Å². The van der Waals surface area contributed by atoms with Gasteiger partial charge in [-0.2, -0.15) is 0 Å². The Morgan fingerprint density at radius 2 is 2.29 bits per heavy atom. The summed E-state index contributed by atoms with van der Waals surface area (Å²) in [5, 5.41) is 11.5. The van der Waals surface area contributed by atoms with E-state index >= 15 is 0 Å². The number of rotatable bonds is 7. The highest BCUT2D eigenvalue weighted by Gasteiger charge is 2.19. The topological polar surface area (TPSA) is 76.6 Å². The number of nitrogens with one attached hydrogen (secondary N) is 1. The molecule has 1 unspecified atom stereocenters. The van der Waals surface area contributed by atoms with E-state index in [9.17, 15) is 4.79 Å². The fraction of sp³-hybridized carbons (Fsp3) is 0.643. The van der Waals surface area contributed by atoms with Gasteiger partial charge in [0.15, 0.2) is 11.5 Å². The minimum Gasteiger partial charge on any atom is -0.464 e. The summed E-state index contributed by atoms with van der Waals surface area (Å²) in [5.74, 6) is 0.267. The third-order valence-corrected chi connectivity index (χ3v) is 3.54. The zero-order chi connectivity index (χ0) is 15.1. The molecule has 1 aliphatic heterocycles. The number of methoxy groups -OCH3 is 2. The van der Waals surface area contributed by atoms with E-state index in [0.717, 1.165) is 31.9 Å². The maximum absolute atomic E-state index is 11.4. The summed E-state index contributed by atoms with van der Waals surface area (Å²) in [5.41, 5.74) is 0.215. The molecule has 7 heteroatoms. The van der Waals surface area contributed by atoms with Gasteiger partial charge in [0.2, 0.25) is 0 Å². The number of carbonyl (C=O) groups is 1. The highest BCUT2D eigenvalue weighted by atomic mass is 16.5. The summed E-state index contributed by atoms with van der Waals surface area (Å²) >= 11 is 0. The molecule has 1 atom stereocenters. The normalized spacial score (nSPS) is 17.7. The summed E-state index contributed by atoms with van der Waals surface area (Å²) in [6.07, 6.45) is 2.37. The number of esters is 1. The number of hydrogen-bond acceptors (Lipinski definition) is 7. The Hall–Kier alpha value is -1.73. The van der Waals surface area contributed by atoms with Crippen LogP contribution in [0.5, 0.6) is 0 Å². The molecule has 1 aliphatic rings. The molecule has 0 radical (unpaired) electrons. The fourth-order valence-electron chi connectivity index (χ4n) is 2.39. The minimum absolute atomic E-state index is 0.215. The van der Waals surface area contributed by atoms with Crippen LogP contribution >= 0.6 is 0 Å². The number of aromatic nitrogens is 2. The van der Waals surface area contributed by atoms with Gasteiger partial charge in [0.25, 0.3) is 0 Å². The lowest BCUT2D eigenvalue weighted by atomic mass is 10.2. The van der Waals surface area contributed by atoms with Crippen LogP contribution in [-0.2, 0) is 9.47 Å². The molecule has 1 aromatic heterocycles. The Kier molecular flexibility index (Phi) is 5.89. The Bertz CT molecular complexity index is 446. The molecule has 0 saturated carbocycles. The molecular formula is C14H22N4O3. The van der Waals surface area contributed by atoms with E-state index in [1.165, 1.54) is 13.5 Å². The van der Waals surface area contributed by atoms with Crippen LogP contribution in [0.3, 0.4) is 0 Å². The Morgan fingerprint density at radius 1 is 1.43 bits per heavy atom. The molecule has 1 aromatic rings. The van der Waals surface area contributed by atoms with Gasteiger partial charge in [0.1, 0.15) is 0 Å². The first-order valence-corrected chi connectivity index (χ1v) is 7.14. The summed E-state index contributed by atoms with van der Waals surface area (Å²) < 4.78 is 9.78. The summed E-state index contributed by atoms with van der Waals surface area (Å²) in [6.45, 7) is 3.28. The van der Waals surface area contributed by atoms with Gasteiger partial charge in [-0.3, -0.25) is 0 Å². The van der Waals surface area contributed by atoms with Gasteiger partial charge in [-0.25, -0.2) is 4.79 Å². The third kappa shape index (κ3) is 4.37. The van der Waals surface area contributed by atoms with Gasteiger partial charge in [-0.15, -0.1) is 10.2 Å². The van der Waals surface area contributed by atoms with Crippen LogP contribution in [-0.4, -0.2) is 62.7 Å². The molecule has 0 aliphatic carbocycles. The van der Waals surface area contributed by atoms with E-state index in [4.69, 9.17) is 4.74 Å². The molecule has 0 amide bonds. The second-order valence-electron chi connectivity index (χ2n) is 5.00. The van der Waals surface area contributed by atoms with Crippen LogP contribution in [0.4, 0.5) is 5.82 Å². The Balaban J connectivity index is 2.05. The van der Waals surface area contributed by atoms with E-state index in [1.54, 1.807) is 19.2 Å². The van der Waals surface area contributed by atoms with Gasteiger partial charge >= 0.3 is 5.97 Å². The van der Waals surface area contributed by atoms with Crippen molar-refractivity contribution in [3.05, 3.63) is 17.8 Å². The predicted octanol–water partition coefficient (Wildman–Crippen LogP) is 0.468. The highest BCUT2D eigenvalue weighted by molar-refractivity contribution is 5.86. The second kappa shape index (κ2) is 7.90. The van der Waals surface area contributed by atoms with Crippen molar-refractivity contribution >= 4 is 11.8 Å². The first-order valence-electron chi connectivity index (χ1n) is 7.14.